The van der Waals surface area contributed by atoms with E-state index in [2.05, 4.69) is 4.74 Å². The van der Waals surface area contributed by atoms with Crippen LogP contribution >= 0.6 is 0 Å². The molecule has 0 fully saturated rings. The van der Waals surface area contributed by atoms with Crippen molar-refractivity contribution in [2.45, 2.75) is 19.6 Å². The van der Waals surface area contributed by atoms with Crippen LogP contribution in [-0.4, -0.2) is 11.7 Å². The van der Waals surface area contributed by atoms with Crippen LogP contribution < -0.4 is 4.74 Å². The number of ether oxygens (including phenoxy) is 1. The molecule has 0 heterocycles. The van der Waals surface area contributed by atoms with Gasteiger partial charge in [-0.05, 0) is 30.2 Å². The number of benzene rings is 2. The molecule has 0 spiro atoms. The Hall–Kier alpha value is -1.94. The molecule has 1 unspecified atom stereocenters. The van der Waals surface area contributed by atoms with Crippen molar-refractivity contribution in [2.75, 3.05) is 0 Å². The Morgan fingerprint density at radius 2 is 1.37 bits per heavy atom. The molecule has 2 aromatic rings. The Morgan fingerprint density at radius 1 is 0.895 bits per heavy atom. The van der Waals surface area contributed by atoms with Gasteiger partial charge in [0.1, 0.15) is 11.9 Å². The summed E-state index contributed by atoms with van der Waals surface area (Å²) in [6.07, 6.45) is -0.777. The lowest BCUT2D eigenvalue weighted by molar-refractivity contribution is -0.0498. The Labute approximate surface area is 110 Å². The molecular formula is C15H14F2O2. The first-order valence-electron chi connectivity index (χ1n) is 5.85. The van der Waals surface area contributed by atoms with Crippen molar-refractivity contribution < 1.29 is 18.6 Å². The van der Waals surface area contributed by atoms with E-state index < -0.39 is 12.7 Å². The first-order valence-corrected chi connectivity index (χ1v) is 5.85. The van der Waals surface area contributed by atoms with E-state index in [4.69, 9.17) is 0 Å². The van der Waals surface area contributed by atoms with Crippen molar-refractivity contribution in [2.24, 2.45) is 0 Å². The average Bonchev–Trinajstić information content (AvgIpc) is 2.39. The highest BCUT2D eigenvalue weighted by atomic mass is 19.3. The number of rotatable bonds is 4. The number of alkyl halides is 2. The predicted octanol–water partition coefficient (Wildman–Crippen LogP) is 3.68. The van der Waals surface area contributed by atoms with Crippen LogP contribution in [0.25, 0.3) is 0 Å². The molecule has 0 radical (unpaired) electrons. The second-order valence-electron chi connectivity index (χ2n) is 4.26. The molecule has 0 aliphatic heterocycles. The highest BCUT2D eigenvalue weighted by Crippen LogP contribution is 2.24. The fourth-order valence-electron chi connectivity index (χ4n) is 1.77. The predicted molar refractivity (Wildman–Crippen MR) is 68.3 cm³/mol. The van der Waals surface area contributed by atoms with E-state index in [1.165, 1.54) is 12.1 Å². The van der Waals surface area contributed by atoms with Gasteiger partial charge in [-0.25, -0.2) is 0 Å². The van der Waals surface area contributed by atoms with Gasteiger partial charge < -0.3 is 9.84 Å². The zero-order valence-electron chi connectivity index (χ0n) is 10.4. The molecule has 1 N–H and O–H groups in total. The van der Waals surface area contributed by atoms with Crippen molar-refractivity contribution in [3.63, 3.8) is 0 Å². The standard InChI is InChI=1S/C15H14F2O2/c1-10-2-4-11(5-3-10)14(18)12-6-8-13(9-7-12)19-15(16)17/h2-9,14-15,18H,1H3. The molecule has 0 aliphatic carbocycles. The van der Waals surface area contributed by atoms with Gasteiger partial charge in [-0.1, -0.05) is 42.0 Å². The number of aliphatic hydroxyl groups is 1. The molecule has 0 aromatic heterocycles. The third kappa shape index (κ3) is 3.51. The highest BCUT2D eigenvalue weighted by Gasteiger charge is 2.11. The lowest BCUT2D eigenvalue weighted by Crippen LogP contribution is -2.03. The highest BCUT2D eigenvalue weighted by molar-refractivity contribution is 5.34. The van der Waals surface area contributed by atoms with Gasteiger partial charge in [0.15, 0.2) is 0 Å². The van der Waals surface area contributed by atoms with Gasteiger partial charge in [-0.2, -0.15) is 8.78 Å². The number of aryl methyl sites for hydroxylation is 1. The van der Waals surface area contributed by atoms with E-state index in [9.17, 15) is 13.9 Å². The van der Waals surface area contributed by atoms with E-state index in [0.717, 1.165) is 11.1 Å². The second kappa shape index (κ2) is 5.80. The average molecular weight is 264 g/mol. The largest absolute Gasteiger partial charge is 0.435 e. The van der Waals surface area contributed by atoms with E-state index in [-0.39, 0.29) is 5.75 Å². The summed E-state index contributed by atoms with van der Waals surface area (Å²) < 4.78 is 28.3. The molecule has 0 aliphatic rings. The molecule has 0 saturated carbocycles. The Balaban J connectivity index is 2.15. The zero-order valence-corrected chi connectivity index (χ0v) is 10.4. The molecule has 19 heavy (non-hydrogen) atoms. The van der Waals surface area contributed by atoms with Gasteiger partial charge in [0.2, 0.25) is 0 Å². The van der Waals surface area contributed by atoms with Gasteiger partial charge in [0, 0.05) is 0 Å². The third-order valence-corrected chi connectivity index (χ3v) is 2.81. The smallest absolute Gasteiger partial charge is 0.387 e. The zero-order chi connectivity index (χ0) is 13.8. The van der Waals surface area contributed by atoms with Crippen molar-refractivity contribution in [3.05, 3.63) is 65.2 Å². The van der Waals surface area contributed by atoms with E-state index in [0.29, 0.717) is 5.56 Å². The van der Waals surface area contributed by atoms with Gasteiger partial charge >= 0.3 is 6.61 Å². The summed E-state index contributed by atoms with van der Waals surface area (Å²) in [5.74, 6) is 0.0786. The maximum Gasteiger partial charge on any atom is 0.387 e. The fraction of sp³-hybridized carbons (Fsp3) is 0.200. The number of hydrogen-bond acceptors (Lipinski definition) is 2. The van der Waals surface area contributed by atoms with Crippen LogP contribution in [0.15, 0.2) is 48.5 Å². The van der Waals surface area contributed by atoms with Crippen molar-refractivity contribution in [1.82, 2.24) is 0 Å². The van der Waals surface area contributed by atoms with Crippen LogP contribution in [0.2, 0.25) is 0 Å². The number of halogens is 2. The van der Waals surface area contributed by atoms with E-state index >= 15 is 0 Å². The molecule has 4 heteroatoms. The summed E-state index contributed by atoms with van der Waals surface area (Å²) in [5, 5.41) is 10.2. The Kier molecular flexibility index (Phi) is 4.12. The summed E-state index contributed by atoms with van der Waals surface area (Å²) in [4.78, 5) is 0. The van der Waals surface area contributed by atoms with Crippen molar-refractivity contribution in [3.8, 4) is 5.75 Å². The van der Waals surface area contributed by atoms with Crippen molar-refractivity contribution in [1.29, 1.82) is 0 Å². The molecule has 2 nitrogen and oxygen atoms in total. The van der Waals surface area contributed by atoms with Gasteiger partial charge in [0.05, 0.1) is 0 Å². The van der Waals surface area contributed by atoms with Crippen LogP contribution in [0.1, 0.15) is 22.8 Å². The second-order valence-corrected chi connectivity index (χ2v) is 4.26. The molecule has 0 bridgehead atoms. The minimum Gasteiger partial charge on any atom is -0.435 e. The molecule has 100 valence electrons. The van der Waals surface area contributed by atoms with Crippen LogP contribution in [0.5, 0.6) is 5.75 Å². The lowest BCUT2D eigenvalue weighted by atomic mass is 10.0. The summed E-state index contributed by atoms with van der Waals surface area (Å²) in [6, 6.07) is 13.5. The Bertz CT molecular complexity index is 521. The SMILES string of the molecule is Cc1ccc(C(O)c2ccc(OC(F)F)cc2)cc1. The van der Waals surface area contributed by atoms with Crippen molar-refractivity contribution >= 4 is 0 Å². The molecule has 2 aromatic carbocycles. The van der Waals surface area contributed by atoms with Crippen LogP contribution in [-0.2, 0) is 0 Å². The minimum absolute atomic E-state index is 0.0786. The monoisotopic (exact) mass is 264 g/mol. The van der Waals surface area contributed by atoms with E-state index in [1.807, 2.05) is 31.2 Å². The lowest BCUT2D eigenvalue weighted by Gasteiger charge is -2.12. The molecule has 1 atom stereocenters. The maximum absolute atomic E-state index is 12.0. The number of hydrogen-bond donors (Lipinski definition) is 1. The molecule has 0 amide bonds. The fourth-order valence-corrected chi connectivity index (χ4v) is 1.77. The number of aliphatic hydroxyl groups excluding tert-OH is 1. The normalized spacial score (nSPS) is 12.5. The van der Waals surface area contributed by atoms with Gasteiger partial charge in [0.25, 0.3) is 0 Å². The van der Waals surface area contributed by atoms with E-state index in [1.54, 1.807) is 12.1 Å². The molecular weight excluding hydrogens is 250 g/mol. The quantitative estimate of drug-likeness (QED) is 0.912. The van der Waals surface area contributed by atoms with Crippen LogP contribution in [0, 0.1) is 6.92 Å². The molecule has 0 saturated heterocycles. The summed E-state index contributed by atoms with van der Waals surface area (Å²) in [6.45, 7) is -0.875. The van der Waals surface area contributed by atoms with Crippen LogP contribution in [0.4, 0.5) is 8.78 Å². The first-order chi connectivity index (χ1) is 9.06. The summed E-state index contributed by atoms with van der Waals surface area (Å²) in [5.41, 5.74) is 2.50. The third-order valence-electron chi connectivity index (χ3n) is 2.81. The topological polar surface area (TPSA) is 29.5 Å². The van der Waals surface area contributed by atoms with Gasteiger partial charge in [-0.15, -0.1) is 0 Å². The summed E-state index contributed by atoms with van der Waals surface area (Å²) in [7, 11) is 0. The Morgan fingerprint density at radius 3 is 1.84 bits per heavy atom. The van der Waals surface area contributed by atoms with Gasteiger partial charge in [-0.3, -0.25) is 0 Å². The maximum atomic E-state index is 12.0. The summed E-state index contributed by atoms with van der Waals surface area (Å²) >= 11 is 0. The molecule has 2 rings (SSSR count). The first kappa shape index (κ1) is 13.5. The minimum atomic E-state index is -2.84. The van der Waals surface area contributed by atoms with Crippen LogP contribution in [0.3, 0.4) is 0 Å².